The van der Waals surface area contributed by atoms with E-state index in [1.54, 1.807) is 4.68 Å². The van der Waals surface area contributed by atoms with Gasteiger partial charge in [0.15, 0.2) is 0 Å². The summed E-state index contributed by atoms with van der Waals surface area (Å²) in [5.41, 5.74) is 6.90. The maximum Gasteiger partial charge on any atom is 0.0758 e. The van der Waals surface area contributed by atoms with Gasteiger partial charge in [-0.15, -0.1) is 0 Å². The molecule has 0 fully saturated rings. The molecule has 5 nitrogen and oxygen atoms in total. The first-order chi connectivity index (χ1) is 9.69. The molecule has 2 heterocycles. The van der Waals surface area contributed by atoms with Gasteiger partial charge in [-0.25, -0.2) is 5.43 Å². The van der Waals surface area contributed by atoms with Gasteiger partial charge in [-0.05, 0) is 24.6 Å². The van der Waals surface area contributed by atoms with E-state index in [1.165, 1.54) is 0 Å². The number of nitrogens with zero attached hydrogens (tertiary/aromatic N) is 3. The Bertz CT molecular complexity index is 747. The second kappa shape index (κ2) is 5.03. The van der Waals surface area contributed by atoms with Gasteiger partial charge >= 0.3 is 0 Å². The molecule has 3 rings (SSSR count). The van der Waals surface area contributed by atoms with Crippen molar-refractivity contribution in [3.8, 4) is 0 Å². The van der Waals surface area contributed by atoms with Crippen molar-refractivity contribution < 1.29 is 0 Å². The number of aryl methyl sites for hydroxylation is 2. The number of aromatic nitrogens is 3. The van der Waals surface area contributed by atoms with Crippen LogP contribution < -0.4 is 11.3 Å². The van der Waals surface area contributed by atoms with Gasteiger partial charge in [-0.3, -0.25) is 15.5 Å². The average Bonchev–Trinajstić information content (AvgIpc) is 2.78. The van der Waals surface area contributed by atoms with Crippen LogP contribution in [0.5, 0.6) is 0 Å². The molecular formula is C15H17N5. The summed E-state index contributed by atoms with van der Waals surface area (Å²) in [5, 5.41) is 5.47. The Kier molecular flexibility index (Phi) is 3.22. The SMILES string of the molecule is Cc1nn(C)cc1C(NN)c1cnc2ccccc2c1. The second-order valence-electron chi connectivity index (χ2n) is 4.90. The summed E-state index contributed by atoms with van der Waals surface area (Å²) in [6.45, 7) is 1.98. The minimum atomic E-state index is -0.110. The van der Waals surface area contributed by atoms with Crippen molar-refractivity contribution in [3.63, 3.8) is 0 Å². The molecule has 0 bridgehead atoms. The number of nitrogens with two attached hydrogens (primary N) is 1. The van der Waals surface area contributed by atoms with Crippen LogP contribution in [0, 0.1) is 6.92 Å². The number of para-hydroxylation sites is 1. The van der Waals surface area contributed by atoms with Crippen LogP contribution >= 0.6 is 0 Å². The highest BCUT2D eigenvalue weighted by Crippen LogP contribution is 2.25. The van der Waals surface area contributed by atoms with Crippen LogP contribution in [0.3, 0.4) is 0 Å². The number of nitrogens with one attached hydrogen (secondary N) is 1. The highest BCUT2D eigenvalue weighted by molar-refractivity contribution is 5.79. The third kappa shape index (κ3) is 2.17. The van der Waals surface area contributed by atoms with Crippen molar-refractivity contribution in [1.29, 1.82) is 0 Å². The number of hydrogen-bond donors (Lipinski definition) is 2. The van der Waals surface area contributed by atoms with E-state index in [0.717, 1.165) is 27.7 Å². The summed E-state index contributed by atoms with van der Waals surface area (Å²) in [4.78, 5) is 4.49. The predicted molar refractivity (Wildman–Crippen MR) is 78.9 cm³/mol. The summed E-state index contributed by atoms with van der Waals surface area (Å²) in [6.07, 6.45) is 3.84. The zero-order valence-electron chi connectivity index (χ0n) is 11.5. The van der Waals surface area contributed by atoms with E-state index in [-0.39, 0.29) is 6.04 Å². The van der Waals surface area contributed by atoms with Crippen molar-refractivity contribution in [3.05, 3.63) is 59.5 Å². The van der Waals surface area contributed by atoms with Crippen LogP contribution in [0.15, 0.2) is 42.7 Å². The van der Waals surface area contributed by atoms with E-state index in [2.05, 4.69) is 27.6 Å². The second-order valence-corrected chi connectivity index (χ2v) is 4.90. The Labute approximate surface area is 117 Å². The van der Waals surface area contributed by atoms with E-state index in [9.17, 15) is 0 Å². The molecule has 5 heteroatoms. The van der Waals surface area contributed by atoms with Gasteiger partial charge < -0.3 is 0 Å². The number of hydrazine groups is 1. The zero-order valence-corrected chi connectivity index (χ0v) is 11.5. The zero-order chi connectivity index (χ0) is 14.1. The van der Waals surface area contributed by atoms with E-state index in [1.807, 2.05) is 44.6 Å². The largest absolute Gasteiger partial charge is 0.275 e. The molecule has 0 amide bonds. The lowest BCUT2D eigenvalue weighted by atomic mass is 10.0. The normalized spacial score (nSPS) is 12.8. The molecule has 0 aliphatic heterocycles. The van der Waals surface area contributed by atoms with Crippen molar-refractivity contribution in [2.45, 2.75) is 13.0 Å². The van der Waals surface area contributed by atoms with Crippen LogP contribution in [0.4, 0.5) is 0 Å². The summed E-state index contributed by atoms with van der Waals surface area (Å²) in [5.74, 6) is 5.74. The van der Waals surface area contributed by atoms with Crippen LogP contribution in [0.2, 0.25) is 0 Å². The third-order valence-electron chi connectivity index (χ3n) is 3.47. The van der Waals surface area contributed by atoms with E-state index < -0.39 is 0 Å². The molecule has 3 aromatic rings. The quantitative estimate of drug-likeness (QED) is 0.561. The van der Waals surface area contributed by atoms with E-state index in [0.29, 0.717) is 0 Å². The molecular weight excluding hydrogens is 250 g/mol. The molecule has 0 saturated carbocycles. The van der Waals surface area contributed by atoms with Gasteiger partial charge in [-0.1, -0.05) is 18.2 Å². The van der Waals surface area contributed by atoms with Crippen molar-refractivity contribution >= 4 is 10.9 Å². The van der Waals surface area contributed by atoms with Gasteiger partial charge in [0.25, 0.3) is 0 Å². The first-order valence-electron chi connectivity index (χ1n) is 6.50. The maximum atomic E-state index is 5.74. The molecule has 0 aliphatic rings. The Hall–Kier alpha value is -2.24. The smallest absolute Gasteiger partial charge is 0.0758 e. The van der Waals surface area contributed by atoms with E-state index >= 15 is 0 Å². The molecule has 0 radical (unpaired) electrons. The Morgan fingerprint density at radius 3 is 2.80 bits per heavy atom. The van der Waals surface area contributed by atoms with Crippen LogP contribution in [-0.2, 0) is 7.05 Å². The standard InChI is InChI=1S/C15H17N5/c1-10-13(9-20(2)19-10)15(18-16)12-7-11-5-3-4-6-14(11)17-8-12/h3-9,15,18H,16H2,1-2H3. The fraction of sp³-hybridized carbons (Fsp3) is 0.200. The van der Waals surface area contributed by atoms with Crippen LogP contribution in [-0.4, -0.2) is 14.8 Å². The molecule has 0 saturated heterocycles. The van der Waals surface area contributed by atoms with E-state index in [4.69, 9.17) is 5.84 Å². The average molecular weight is 267 g/mol. The lowest BCUT2D eigenvalue weighted by Gasteiger charge is -2.16. The number of rotatable bonds is 3. The molecule has 1 unspecified atom stereocenters. The molecule has 0 aliphatic carbocycles. The van der Waals surface area contributed by atoms with Gasteiger partial charge in [0.05, 0.1) is 17.3 Å². The molecule has 102 valence electrons. The Balaban J connectivity index is 2.09. The summed E-state index contributed by atoms with van der Waals surface area (Å²) in [6, 6.07) is 10.0. The van der Waals surface area contributed by atoms with Gasteiger partial charge in [0, 0.05) is 30.4 Å². The monoisotopic (exact) mass is 267 g/mol. The van der Waals surface area contributed by atoms with Gasteiger partial charge in [-0.2, -0.15) is 5.10 Å². The van der Waals surface area contributed by atoms with Crippen LogP contribution in [0.25, 0.3) is 10.9 Å². The summed E-state index contributed by atoms with van der Waals surface area (Å²) >= 11 is 0. The number of hydrogen-bond acceptors (Lipinski definition) is 4. The van der Waals surface area contributed by atoms with Crippen molar-refractivity contribution in [1.82, 2.24) is 20.2 Å². The third-order valence-corrected chi connectivity index (χ3v) is 3.47. The molecule has 0 spiro atoms. The van der Waals surface area contributed by atoms with Gasteiger partial charge in [0.1, 0.15) is 0 Å². The molecule has 20 heavy (non-hydrogen) atoms. The number of benzene rings is 1. The summed E-state index contributed by atoms with van der Waals surface area (Å²) in [7, 11) is 1.91. The maximum absolute atomic E-state index is 5.74. The molecule has 1 aromatic carbocycles. The Morgan fingerprint density at radius 1 is 1.30 bits per heavy atom. The first kappa shape index (κ1) is 12.8. The molecule has 2 aromatic heterocycles. The summed E-state index contributed by atoms with van der Waals surface area (Å²) < 4.78 is 1.80. The highest BCUT2D eigenvalue weighted by atomic mass is 15.3. The lowest BCUT2D eigenvalue weighted by Crippen LogP contribution is -2.29. The predicted octanol–water partition coefficient (Wildman–Crippen LogP) is 1.83. The van der Waals surface area contributed by atoms with Crippen LogP contribution in [0.1, 0.15) is 22.9 Å². The Morgan fingerprint density at radius 2 is 2.10 bits per heavy atom. The van der Waals surface area contributed by atoms with Crippen molar-refractivity contribution in [2.75, 3.05) is 0 Å². The molecule has 1 atom stereocenters. The fourth-order valence-corrected chi connectivity index (χ4v) is 2.51. The number of fused-ring (bicyclic) bond motifs is 1. The minimum absolute atomic E-state index is 0.110. The highest BCUT2D eigenvalue weighted by Gasteiger charge is 2.18. The fourth-order valence-electron chi connectivity index (χ4n) is 2.51. The minimum Gasteiger partial charge on any atom is -0.275 e. The number of pyridine rings is 1. The molecule has 3 N–H and O–H groups in total. The van der Waals surface area contributed by atoms with Crippen molar-refractivity contribution in [2.24, 2.45) is 12.9 Å². The first-order valence-corrected chi connectivity index (χ1v) is 6.50. The lowest BCUT2D eigenvalue weighted by molar-refractivity contribution is 0.632. The van der Waals surface area contributed by atoms with Gasteiger partial charge in [0.2, 0.25) is 0 Å². The topological polar surface area (TPSA) is 68.8 Å².